The molecule has 0 aromatic heterocycles. The number of aliphatic hydroxyl groups is 2. The summed E-state index contributed by atoms with van der Waals surface area (Å²) in [7, 11) is 0. The minimum atomic E-state index is -0.670. The van der Waals surface area contributed by atoms with Crippen LogP contribution in [0.2, 0.25) is 0 Å². The third-order valence-corrected chi connectivity index (χ3v) is 15.8. The summed E-state index contributed by atoms with van der Waals surface area (Å²) in [6, 6.07) is -0.548. The summed E-state index contributed by atoms with van der Waals surface area (Å²) in [6.07, 6.45) is 76.6. The number of hydrogen-bond donors (Lipinski definition) is 3. The lowest BCUT2D eigenvalue weighted by Gasteiger charge is -2.22. The number of hydrogen-bond acceptors (Lipinski definition) is 5. The van der Waals surface area contributed by atoms with Gasteiger partial charge in [0.05, 0.1) is 25.4 Å². The third kappa shape index (κ3) is 59.7. The molecule has 2 atom stereocenters. The van der Waals surface area contributed by atoms with Gasteiger partial charge in [0.25, 0.3) is 0 Å². The Balaban J connectivity index is 3.41. The molecule has 0 saturated heterocycles. The summed E-state index contributed by atoms with van der Waals surface area (Å²) >= 11 is 0. The van der Waals surface area contributed by atoms with E-state index in [0.29, 0.717) is 25.9 Å². The van der Waals surface area contributed by atoms with Crippen LogP contribution in [0, 0.1) is 0 Å². The lowest BCUT2D eigenvalue weighted by molar-refractivity contribution is -0.143. The Bertz CT molecular complexity index is 1100. The zero-order valence-corrected chi connectivity index (χ0v) is 49.6. The number of esters is 1. The number of carbonyl (C=O) groups is 2. The zero-order chi connectivity index (χ0) is 52.9. The maximum atomic E-state index is 12.5. The van der Waals surface area contributed by atoms with Crippen molar-refractivity contribution >= 4 is 11.9 Å². The average molecular weight is 1030 g/mol. The first-order chi connectivity index (χ1) is 36.0. The van der Waals surface area contributed by atoms with E-state index < -0.39 is 12.1 Å². The van der Waals surface area contributed by atoms with Crippen molar-refractivity contribution in [3.8, 4) is 0 Å². The van der Waals surface area contributed by atoms with E-state index >= 15 is 0 Å². The Kier molecular flexibility index (Phi) is 61.9. The first kappa shape index (κ1) is 71.6. The number of ether oxygens (including phenoxy) is 1. The minimum absolute atomic E-state index is 0.00132. The van der Waals surface area contributed by atoms with Gasteiger partial charge in [0.15, 0.2) is 0 Å². The molecule has 73 heavy (non-hydrogen) atoms. The molecule has 0 rings (SSSR count). The fourth-order valence-corrected chi connectivity index (χ4v) is 10.7. The van der Waals surface area contributed by atoms with Crippen molar-refractivity contribution in [1.29, 1.82) is 0 Å². The summed E-state index contributed by atoms with van der Waals surface area (Å²) in [5.41, 5.74) is 0. The molecule has 6 heteroatoms. The molecule has 3 N–H and O–H groups in total. The number of nitrogens with one attached hydrogen (secondary N) is 1. The zero-order valence-electron chi connectivity index (χ0n) is 49.6. The molecular formula is C67H131NO5. The molecule has 2 unspecified atom stereocenters. The van der Waals surface area contributed by atoms with Crippen LogP contribution in [0.3, 0.4) is 0 Å². The molecule has 434 valence electrons. The molecule has 0 aromatic rings. The first-order valence-electron chi connectivity index (χ1n) is 33.4. The molecule has 0 fully saturated rings. The summed E-state index contributed by atoms with van der Waals surface area (Å²) in [5.74, 6) is -0.0358. The molecule has 0 heterocycles. The highest BCUT2D eigenvalue weighted by Gasteiger charge is 2.20. The monoisotopic (exact) mass is 1030 g/mol. The van der Waals surface area contributed by atoms with Gasteiger partial charge in [0.2, 0.25) is 5.91 Å². The van der Waals surface area contributed by atoms with Crippen LogP contribution in [0.5, 0.6) is 0 Å². The van der Waals surface area contributed by atoms with Gasteiger partial charge in [0, 0.05) is 12.8 Å². The molecule has 0 aliphatic carbocycles. The maximum absolute atomic E-state index is 12.5. The molecule has 0 aliphatic heterocycles. The minimum Gasteiger partial charge on any atom is -0.466 e. The van der Waals surface area contributed by atoms with Gasteiger partial charge >= 0.3 is 5.97 Å². The Morgan fingerprint density at radius 1 is 0.370 bits per heavy atom. The van der Waals surface area contributed by atoms with Crippen molar-refractivity contribution < 1.29 is 24.5 Å². The van der Waals surface area contributed by atoms with Crippen molar-refractivity contribution in [2.24, 2.45) is 0 Å². The van der Waals surface area contributed by atoms with Crippen LogP contribution in [-0.4, -0.2) is 47.4 Å². The number of rotatable bonds is 63. The lowest BCUT2D eigenvalue weighted by Crippen LogP contribution is -2.45. The Morgan fingerprint density at radius 3 is 0.973 bits per heavy atom. The molecule has 0 spiro atoms. The van der Waals surface area contributed by atoms with Gasteiger partial charge < -0.3 is 20.3 Å². The van der Waals surface area contributed by atoms with E-state index in [1.165, 1.54) is 302 Å². The van der Waals surface area contributed by atoms with E-state index in [9.17, 15) is 19.8 Å². The van der Waals surface area contributed by atoms with Crippen LogP contribution in [0.15, 0.2) is 12.2 Å². The lowest BCUT2D eigenvalue weighted by atomic mass is 10.0. The highest BCUT2D eigenvalue weighted by atomic mass is 16.5. The Hall–Kier alpha value is -1.40. The molecule has 0 radical (unpaired) electrons. The van der Waals surface area contributed by atoms with Crippen LogP contribution in [0.25, 0.3) is 0 Å². The SMILES string of the molecule is CCCCCCCC/C=C\CCCCCCCCCC(=O)OCCCCCCCCCCCCCCCCCCC(=O)NC(CO)C(O)CCCCCCCCCCCCCCCCCCCCCCCCC. The van der Waals surface area contributed by atoms with Crippen molar-refractivity contribution in [3.05, 3.63) is 12.2 Å². The quantitative estimate of drug-likeness (QED) is 0.0320. The summed E-state index contributed by atoms with van der Waals surface area (Å²) in [4.78, 5) is 24.6. The second-order valence-corrected chi connectivity index (χ2v) is 23.2. The average Bonchev–Trinajstić information content (AvgIpc) is 3.39. The highest BCUT2D eigenvalue weighted by Crippen LogP contribution is 2.19. The Morgan fingerprint density at radius 2 is 0.644 bits per heavy atom. The van der Waals surface area contributed by atoms with Crippen LogP contribution < -0.4 is 5.32 Å². The highest BCUT2D eigenvalue weighted by molar-refractivity contribution is 5.76. The second-order valence-electron chi connectivity index (χ2n) is 23.2. The fraction of sp³-hybridized carbons (Fsp3) is 0.940. The number of aliphatic hydroxyl groups excluding tert-OH is 2. The van der Waals surface area contributed by atoms with Crippen LogP contribution in [-0.2, 0) is 14.3 Å². The van der Waals surface area contributed by atoms with Gasteiger partial charge in [-0.15, -0.1) is 0 Å². The van der Waals surface area contributed by atoms with E-state index in [-0.39, 0.29) is 18.5 Å². The summed E-state index contributed by atoms with van der Waals surface area (Å²) in [6.45, 7) is 4.97. The predicted molar refractivity (Wildman–Crippen MR) is 320 cm³/mol. The predicted octanol–water partition coefficient (Wildman–Crippen LogP) is 21.2. The van der Waals surface area contributed by atoms with Gasteiger partial charge in [-0.1, -0.05) is 328 Å². The van der Waals surface area contributed by atoms with E-state index in [2.05, 4.69) is 31.3 Å². The molecule has 0 aliphatic rings. The van der Waals surface area contributed by atoms with E-state index in [1.54, 1.807) is 0 Å². The summed E-state index contributed by atoms with van der Waals surface area (Å²) < 4.78 is 5.49. The van der Waals surface area contributed by atoms with Crippen molar-refractivity contribution in [2.45, 2.75) is 392 Å². The summed E-state index contributed by atoms with van der Waals surface area (Å²) in [5, 5.41) is 23.4. The van der Waals surface area contributed by atoms with Gasteiger partial charge in [-0.25, -0.2) is 0 Å². The normalized spacial score (nSPS) is 12.5. The van der Waals surface area contributed by atoms with E-state index in [1.807, 2.05) is 0 Å². The standard InChI is InChI=1S/C67H131NO5/c1-3-5-7-9-11-13-15-17-19-21-22-23-24-25-26-28-31-35-39-43-47-51-55-59-65(70)64(63-69)68-66(71)60-56-52-48-44-40-36-32-29-30-34-38-42-46-50-54-58-62-73-67(72)61-57-53-49-45-41-37-33-27-20-18-16-14-12-10-8-6-4-2/h18,20,64-65,69-70H,3-17,19,21-63H2,1-2H3,(H,68,71)/b20-18-. The van der Waals surface area contributed by atoms with Gasteiger partial charge in [-0.2, -0.15) is 0 Å². The van der Waals surface area contributed by atoms with Crippen LogP contribution >= 0.6 is 0 Å². The van der Waals surface area contributed by atoms with Crippen molar-refractivity contribution in [1.82, 2.24) is 5.32 Å². The Labute approximate surface area is 457 Å². The third-order valence-electron chi connectivity index (χ3n) is 15.8. The molecule has 6 nitrogen and oxygen atoms in total. The van der Waals surface area contributed by atoms with Gasteiger partial charge in [-0.3, -0.25) is 9.59 Å². The molecule has 0 aromatic carbocycles. The smallest absolute Gasteiger partial charge is 0.305 e. The van der Waals surface area contributed by atoms with Gasteiger partial charge in [0.1, 0.15) is 0 Å². The van der Waals surface area contributed by atoms with Crippen molar-refractivity contribution in [2.75, 3.05) is 13.2 Å². The van der Waals surface area contributed by atoms with Crippen molar-refractivity contribution in [3.63, 3.8) is 0 Å². The largest absolute Gasteiger partial charge is 0.466 e. The van der Waals surface area contributed by atoms with Gasteiger partial charge in [-0.05, 0) is 51.4 Å². The fourth-order valence-electron chi connectivity index (χ4n) is 10.7. The number of carbonyl (C=O) groups excluding carboxylic acids is 2. The maximum Gasteiger partial charge on any atom is 0.305 e. The topological polar surface area (TPSA) is 95.9 Å². The number of allylic oxidation sites excluding steroid dienone is 2. The molecular weight excluding hydrogens is 899 g/mol. The molecule has 1 amide bonds. The van der Waals surface area contributed by atoms with E-state index in [4.69, 9.17) is 4.74 Å². The first-order valence-corrected chi connectivity index (χ1v) is 33.4. The second kappa shape index (κ2) is 63.1. The van der Waals surface area contributed by atoms with E-state index in [0.717, 1.165) is 44.9 Å². The number of unbranched alkanes of at least 4 members (excludes halogenated alkanes) is 50. The molecule has 0 bridgehead atoms. The number of amides is 1. The van der Waals surface area contributed by atoms with Crippen LogP contribution in [0.1, 0.15) is 380 Å². The molecule has 0 saturated carbocycles. The van der Waals surface area contributed by atoms with Crippen LogP contribution in [0.4, 0.5) is 0 Å².